The monoisotopic (exact) mass is 542 g/mol. The van der Waals surface area contributed by atoms with Crippen molar-refractivity contribution in [2.45, 2.75) is 47.0 Å². The van der Waals surface area contributed by atoms with Gasteiger partial charge >= 0.3 is 0 Å². The molecule has 2 aromatic carbocycles. The molecular formula is C32H38N4O2S. The predicted octanol–water partition coefficient (Wildman–Crippen LogP) is 6.85. The molecule has 39 heavy (non-hydrogen) atoms. The summed E-state index contributed by atoms with van der Waals surface area (Å²) in [6.07, 6.45) is 2.02. The number of aliphatic imine (C=N–C) groups is 1. The second kappa shape index (κ2) is 11.1. The molecule has 0 N–H and O–H groups in total. The average Bonchev–Trinajstić information content (AvgIpc) is 3.37. The van der Waals surface area contributed by atoms with Crippen molar-refractivity contribution in [3.05, 3.63) is 82.0 Å². The fraction of sp³-hybridized carbons (Fsp3) is 0.375. The molecule has 2 aliphatic heterocycles. The van der Waals surface area contributed by atoms with Gasteiger partial charge in [0.25, 0.3) is 5.91 Å². The smallest absolute Gasteiger partial charge is 0.266 e. The number of hydrogen-bond acceptors (Lipinski definition) is 5. The second-order valence-corrected chi connectivity index (χ2v) is 12.1. The second-order valence-electron chi connectivity index (χ2n) is 11.1. The minimum Gasteiger partial charge on any atom is -0.378 e. The van der Waals surface area contributed by atoms with Crippen molar-refractivity contribution < 1.29 is 9.53 Å². The van der Waals surface area contributed by atoms with E-state index in [1.54, 1.807) is 4.90 Å². The van der Waals surface area contributed by atoms with Gasteiger partial charge in [-0.15, -0.1) is 0 Å². The quantitative estimate of drug-likeness (QED) is 0.331. The van der Waals surface area contributed by atoms with Gasteiger partial charge in [0.05, 0.1) is 23.8 Å². The summed E-state index contributed by atoms with van der Waals surface area (Å²) >= 11 is 1.45. The Labute approximate surface area is 236 Å². The lowest BCUT2D eigenvalue weighted by Crippen LogP contribution is -2.36. The van der Waals surface area contributed by atoms with E-state index in [1.807, 2.05) is 25.1 Å². The molecule has 1 amide bonds. The number of nitrogens with zero attached hydrogens (tertiary/aromatic N) is 4. The molecule has 204 valence electrons. The van der Waals surface area contributed by atoms with E-state index in [9.17, 15) is 4.79 Å². The number of aryl methyl sites for hydroxylation is 1. The third kappa shape index (κ3) is 5.70. The number of morpholine rings is 1. The number of likely N-dealkylation sites (N-methyl/N-ethyl adjacent to an activating group) is 1. The summed E-state index contributed by atoms with van der Waals surface area (Å²) in [5, 5.41) is 0.722. The molecule has 2 saturated heterocycles. The standard InChI is InChI=1S/C32H38N4O2S/c1-7-35-30(37)29(39-31(35)33-26-10-14-27(15-11-26)34-16-18-38-19-17-34)21-24-20-22(2)36(23(24)3)28-12-8-25(9-13-28)32(4,5)6/h8-15,20-21H,7,16-19H2,1-6H3/b29-21-,33-31?. The number of amidine groups is 1. The van der Waals surface area contributed by atoms with Crippen LogP contribution in [0.5, 0.6) is 0 Å². The molecule has 0 spiro atoms. The van der Waals surface area contributed by atoms with Gasteiger partial charge in [0.2, 0.25) is 0 Å². The Balaban J connectivity index is 1.39. The van der Waals surface area contributed by atoms with Crippen molar-refractivity contribution in [1.29, 1.82) is 0 Å². The normalized spacial score (nSPS) is 18.6. The van der Waals surface area contributed by atoms with Crippen LogP contribution in [0.25, 0.3) is 11.8 Å². The lowest BCUT2D eigenvalue weighted by molar-refractivity contribution is -0.122. The summed E-state index contributed by atoms with van der Waals surface area (Å²) in [4.78, 5) is 23.0. The first-order valence-electron chi connectivity index (χ1n) is 13.7. The first-order valence-corrected chi connectivity index (χ1v) is 14.5. The fourth-order valence-electron chi connectivity index (χ4n) is 5.12. The molecule has 0 aliphatic carbocycles. The van der Waals surface area contributed by atoms with Crippen molar-refractivity contribution in [2.24, 2.45) is 4.99 Å². The zero-order chi connectivity index (χ0) is 27.7. The van der Waals surface area contributed by atoms with Crippen LogP contribution in [-0.4, -0.2) is 53.4 Å². The topological polar surface area (TPSA) is 50.1 Å². The summed E-state index contributed by atoms with van der Waals surface area (Å²) in [6, 6.07) is 19.2. The summed E-state index contributed by atoms with van der Waals surface area (Å²) in [7, 11) is 0. The van der Waals surface area contributed by atoms with E-state index in [1.165, 1.54) is 23.0 Å². The fourth-order valence-corrected chi connectivity index (χ4v) is 6.18. The van der Waals surface area contributed by atoms with E-state index >= 15 is 0 Å². The molecule has 3 heterocycles. The Bertz CT molecular complexity index is 1410. The van der Waals surface area contributed by atoms with E-state index in [-0.39, 0.29) is 11.3 Å². The molecule has 5 rings (SSSR count). The van der Waals surface area contributed by atoms with Gasteiger partial charge in [-0.25, -0.2) is 4.99 Å². The van der Waals surface area contributed by atoms with E-state index < -0.39 is 0 Å². The van der Waals surface area contributed by atoms with Crippen molar-refractivity contribution in [3.63, 3.8) is 0 Å². The zero-order valence-corrected chi connectivity index (χ0v) is 24.6. The number of carbonyl (C=O) groups is 1. The third-order valence-corrected chi connectivity index (χ3v) is 8.41. The highest BCUT2D eigenvalue weighted by Crippen LogP contribution is 2.36. The van der Waals surface area contributed by atoms with Crippen LogP contribution in [0, 0.1) is 13.8 Å². The number of aromatic nitrogens is 1. The number of ether oxygens (including phenoxy) is 1. The van der Waals surface area contributed by atoms with Gasteiger partial charge in [0.15, 0.2) is 5.17 Å². The van der Waals surface area contributed by atoms with Gasteiger partial charge in [-0.05, 0) is 97.6 Å². The average molecular weight is 543 g/mol. The number of amides is 1. The highest BCUT2D eigenvalue weighted by Gasteiger charge is 2.32. The Hall–Kier alpha value is -3.29. The van der Waals surface area contributed by atoms with Crippen LogP contribution in [0.4, 0.5) is 11.4 Å². The van der Waals surface area contributed by atoms with Crippen molar-refractivity contribution >= 4 is 40.3 Å². The molecule has 2 fully saturated rings. The van der Waals surface area contributed by atoms with Gasteiger partial charge in [0, 0.05) is 42.4 Å². The number of benzene rings is 2. The number of anilines is 1. The molecule has 0 atom stereocenters. The van der Waals surface area contributed by atoms with E-state index in [2.05, 4.69) is 86.6 Å². The molecule has 0 unspecified atom stereocenters. The Morgan fingerprint density at radius 2 is 1.62 bits per heavy atom. The molecule has 2 aliphatic rings. The predicted molar refractivity (Wildman–Crippen MR) is 163 cm³/mol. The van der Waals surface area contributed by atoms with Crippen molar-refractivity contribution in [2.75, 3.05) is 37.7 Å². The Kier molecular flexibility index (Phi) is 7.74. The van der Waals surface area contributed by atoms with E-state index in [0.29, 0.717) is 11.4 Å². The minimum atomic E-state index is 0.00511. The third-order valence-electron chi connectivity index (χ3n) is 7.40. The Morgan fingerprint density at radius 3 is 2.23 bits per heavy atom. The van der Waals surface area contributed by atoms with Gasteiger partial charge in [-0.1, -0.05) is 32.9 Å². The van der Waals surface area contributed by atoms with Crippen LogP contribution in [0.15, 0.2) is 64.5 Å². The van der Waals surface area contributed by atoms with Crippen molar-refractivity contribution in [1.82, 2.24) is 9.47 Å². The lowest BCUT2D eigenvalue weighted by atomic mass is 9.87. The van der Waals surface area contributed by atoms with Gasteiger partial charge < -0.3 is 14.2 Å². The number of rotatable bonds is 5. The maximum Gasteiger partial charge on any atom is 0.266 e. The summed E-state index contributed by atoms with van der Waals surface area (Å²) in [5.74, 6) is 0.00511. The molecule has 3 aromatic rings. The van der Waals surface area contributed by atoms with E-state index in [4.69, 9.17) is 9.73 Å². The van der Waals surface area contributed by atoms with Crippen molar-refractivity contribution in [3.8, 4) is 5.69 Å². The van der Waals surface area contributed by atoms with Gasteiger partial charge in [-0.2, -0.15) is 0 Å². The number of hydrogen-bond donors (Lipinski definition) is 0. The maximum absolute atomic E-state index is 13.3. The largest absolute Gasteiger partial charge is 0.378 e. The first kappa shape index (κ1) is 27.3. The van der Waals surface area contributed by atoms with Crippen LogP contribution in [0.2, 0.25) is 0 Å². The molecule has 7 heteroatoms. The summed E-state index contributed by atoms with van der Waals surface area (Å²) in [5.41, 5.74) is 7.88. The van der Waals surface area contributed by atoms with Crippen LogP contribution < -0.4 is 4.90 Å². The molecule has 0 bridgehead atoms. The molecule has 0 saturated carbocycles. The Morgan fingerprint density at radius 1 is 0.974 bits per heavy atom. The summed E-state index contributed by atoms with van der Waals surface area (Å²) < 4.78 is 7.72. The molecule has 1 aromatic heterocycles. The number of thioether (sulfide) groups is 1. The van der Waals surface area contributed by atoms with Crippen LogP contribution in [-0.2, 0) is 14.9 Å². The SMILES string of the molecule is CCN1C(=O)/C(=C/c2cc(C)n(-c3ccc(C(C)(C)C)cc3)c2C)SC1=Nc1ccc(N2CCOCC2)cc1. The molecule has 6 nitrogen and oxygen atoms in total. The lowest BCUT2D eigenvalue weighted by Gasteiger charge is -2.28. The minimum absolute atomic E-state index is 0.00511. The molecule has 0 radical (unpaired) electrons. The number of carbonyl (C=O) groups excluding carboxylic acids is 1. The van der Waals surface area contributed by atoms with Gasteiger partial charge in [-0.3, -0.25) is 9.69 Å². The first-order chi connectivity index (χ1) is 18.7. The van der Waals surface area contributed by atoms with Gasteiger partial charge in [0.1, 0.15) is 0 Å². The highest BCUT2D eigenvalue weighted by atomic mass is 32.2. The van der Waals surface area contributed by atoms with Crippen LogP contribution in [0.3, 0.4) is 0 Å². The van der Waals surface area contributed by atoms with Crippen LogP contribution >= 0.6 is 11.8 Å². The molecular weight excluding hydrogens is 504 g/mol. The maximum atomic E-state index is 13.3. The summed E-state index contributed by atoms with van der Waals surface area (Å²) in [6.45, 7) is 16.8. The zero-order valence-electron chi connectivity index (χ0n) is 23.8. The van der Waals surface area contributed by atoms with Crippen LogP contribution in [0.1, 0.15) is 50.2 Å². The highest BCUT2D eigenvalue weighted by molar-refractivity contribution is 8.18. The van der Waals surface area contributed by atoms with E-state index in [0.717, 1.165) is 59.8 Å².